The molecule has 0 unspecified atom stereocenters. The zero-order valence-electron chi connectivity index (χ0n) is 33.0. The molecule has 6 aromatic rings. The number of nitrogens with one attached hydrogen (secondary N) is 3. The molecule has 0 saturated carbocycles. The van der Waals surface area contributed by atoms with Gasteiger partial charge < -0.3 is 28.4 Å². The van der Waals surface area contributed by atoms with E-state index in [0.29, 0.717) is 34.1 Å². The molecule has 0 bridgehead atoms. The van der Waals surface area contributed by atoms with Gasteiger partial charge in [-0.25, -0.2) is 36.8 Å². The number of ether oxygens (including phenoxy) is 6. The summed E-state index contributed by atoms with van der Waals surface area (Å²) in [7, 11) is -1.77. The van der Waals surface area contributed by atoms with Gasteiger partial charge in [0.05, 0.1) is 41.0 Å². The van der Waals surface area contributed by atoms with E-state index in [4.69, 9.17) is 50.7 Å². The van der Waals surface area contributed by atoms with E-state index in [-0.39, 0.29) is 70.5 Å². The minimum Gasteiger partial charge on any atom is -0.493 e. The van der Waals surface area contributed by atoms with Gasteiger partial charge in [-0.05, 0) is 48.5 Å². The third kappa shape index (κ3) is 12.3. The van der Waals surface area contributed by atoms with E-state index in [1.807, 2.05) is 6.07 Å². The Labute approximate surface area is 362 Å². The zero-order chi connectivity index (χ0) is 44.3. The molecule has 0 aliphatic heterocycles. The Morgan fingerprint density at radius 1 is 0.677 bits per heavy atom. The minimum absolute atomic E-state index is 0. The van der Waals surface area contributed by atoms with Crippen LogP contribution < -0.4 is 33.1 Å². The number of halogens is 1. The number of rotatable bonds is 14. The topological polar surface area (TPSA) is 273 Å². The molecule has 0 aliphatic rings. The summed E-state index contributed by atoms with van der Waals surface area (Å²) < 4.78 is 84.8. The molecule has 0 aliphatic carbocycles. The fourth-order valence-electron chi connectivity index (χ4n) is 4.98. The average molecular weight is 907 g/mol. The Morgan fingerprint density at radius 2 is 1.16 bits per heavy atom. The van der Waals surface area contributed by atoms with Crippen LogP contribution >= 0.6 is 11.6 Å². The fraction of sp³-hybridized carbons (Fsp3) is 0.179. The Morgan fingerprint density at radius 3 is 1.66 bits per heavy atom. The summed E-state index contributed by atoms with van der Waals surface area (Å²) in [4.78, 5) is 25.0. The zero-order valence-corrected chi connectivity index (χ0v) is 35.4. The van der Waals surface area contributed by atoms with E-state index in [2.05, 4.69) is 39.3 Å². The molecule has 62 heavy (non-hydrogen) atoms. The van der Waals surface area contributed by atoms with Crippen molar-refractivity contribution in [3.63, 3.8) is 0 Å². The maximum Gasteiger partial charge on any atom is 0.263 e. The lowest BCUT2D eigenvalue weighted by Gasteiger charge is -2.16. The molecule has 0 radical (unpaired) electrons. The second-order valence-electron chi connectivity index (χ2n) is 12.0. The highest BCUT2D eigenvalue weighted by Gasteiger charge is 2.24. The minimum atomic E-state index is -3.73. The summed E-state index contributed by atoms with van der Waals surface area (Å²) in [6.07, 6.45) is 4.82. The van der Waals surface area contributed by atoms with Crippen LogP contribution in [0.15, 0.2) is 85.2 Å². The summed E-state index contributed by atoms with van der Waals surface area (Å²) in [5.41, 5.74) is 1.28. The van der Waals surface area contributed by atoms with Crippen molar-refractivity contribution in [1.29, 1.82) is 10.7 Å². The number of para-hydroxylation sites is 4. The maximum atomic E-state index is 12.0. The van der Waals surface area contributed by atoms with E-state index in [1.54, 1.807) is 60.7 Å². The molecule has 2 aromatic carbocycles. The molecule has 0 saturated heterocycles. The number of benzene rings is 2. The number of pyridine rings is 2. The lowest BCUT2D eigenvalue weighted by atomic mass is 10.2. The monoisotopic (exact) mass is 906 g/mol. The predicted molar refractivity (Wildman–Crippen MR) is 230 cm³/mol. The first-order chi connectivity index (χ1) is 29.1. The molecule has 20 nitrogen and oxygen atoms in total. The van der Waals surface area contributed by atoms with Crippen LogP contribution in [0.5, 0.6) is 40.4 Å². The second kappa shape index (κ2) is 20.8. The van der Waals surface area contributed by atoms with Gasteiger partial charge in [-0.1, -0.05) is 43.3 Å². The van der Waals surface area contributed by atoms with Crippen molar-refractivity contribution < 1.29 is 45.3 Å². The van der Waals surface area contributed by atoms with Crippen LogP contribution in [0.25, 0.3) is 22.8 Å². The van der Waals surface area contributed by atoms with Crippen molar-refractivity contribution in [2.45, 2.75) is 7.43 Å². The lowest BCUT2D eigenvalue weighted by molar-refractivity contribution is 0.348. The van der Waals surface area contributed by atoms with Gasteiger partial charge in [0.2, 0.25) is 37.4 Å². The summed E-state index contributed by atoms with van der Waals surface area (Å²) in [5.74, 6) is 1.01. The van der Waals surface area contributed by atoms with Gasteiger partial charge in [0.25, 0.3) is 5.88 Å². The third-order valence-electron chi connectivity index (χ3n) is 7.57. The summed E-state index contributed by atoms with van der Waals surface area (Å²) >= 11 is 6.30. The molecule has 4 heterocycles. The highest BCUT2D eigenvalue weighted by atomic mass is 35.5. The Bertz CT molecular complexity index is 2850. The average Bonchev–Trinajstić information content (AvgIpc) is 3.24. The molecule has 0 fully saturated rings. The Kier molecular flexibility index (Phi) is 15.8. The van der Waals surface area contributed by atoms with Crippen LogP contribution in [-0.2, 0) is 24.8 Å². The first kappa shape index (κ1) is 47.3. The van der Waals surface area contributed by atoms with Gasteiger partial charge in [0.1, 0.15) is 17.5 Å². The molecule has 0 amide bonds. The molecule has 6 rings (SSSR count). The maximum absolute atomic E-state index is 12.0. The highest BCUT2D eigenvalue weighted by Crippen LogP contribution is 2.42. The first-order valence-corrected chi connectivity index (χ1v) is 21.3. The van der Waals surface area contributed by atoms with Crippen molar-refractivity contribution in [2.24, 2.45) is 0 Å². The van der Waals surface area contributed by atoms with Crippen LogP contribution in [0.1, 0.15) is 18.8 Å². The van der Waals surface area contributed by atoms with Crippen LogP contribution in [0.4, 0.5) is 11.6 Å². The molecule has 0 spiro atoms. The van der Waals surface area contributed by atoms with Gasteiger partial charge in [-0.15, -0.1) is 0 Å². The molecule has 4 aromatic heterocycles. The molecule has 324 valence electrons. The van der Waals surface area contributed by atoms with Crippen LogP contribution in [0, 0.1) is 16.7 Å². The number of methoxy groups -OCH3 is 4. The van der Waals surface area contributed by atoms with Crippen LogP contribution in [0.3, 0.4) is 0 Å². The number of hydrogen-bond donors (Lipinski definition) is 3. The number of anilines is 2. The number of aromatic nitrogens is 6. The van der Waals surface area contributed by atoms with Gasteiger partial charge in [0, 0.05) is 23.5 Å². The Balaban J connectivity index is 0.000000269. The highest BCUT2D eigenvalue weighted by molar-refractivity contribution is 7.92. The standard InChI is InChI=1S/C20H21N5O6S.C18H14ClN5O4S.CH4/c1-28-14-7-5-6-8-15(14)31-16-19(25-32(4,26)27)23-18(24-20(16)30-3)12-9-10-22-13(11-12)17(21)29-2;1-27-13-5-3-4-6-14(13)28-15-16(19)22-17(23-18(15)24-29(2,25)26)11-7-8-21-12(9-11)10-20;/h5-11,21H,1-4H3,(H,23,24,25);3-9H,1-2H3,(H,22,23,24);1H4. The molecule has 23 heteroatoms. The van der Waals surface area contributed by atoms with Crippen molar-refractivity contribution in [3.8, 4) is 69.2 Å². The van der Waals surface area contributed by atoms with Crippen LogP contribution in [-0.4, -0.2) is 93.6 Å². The normalized spacial score (nSPS) is 10.7. The van der Waals surface area contributed by atoms with E-state index in [0.717, 1.165) is 12.5 Å². The van der Waals surface area contributed by atoms with E-state index in [1.165, 1.54) is 53.0 Å². The summed E-state index contributed by atoms with van der Waals surface area (Å²) in [6.45, 7) is 0. The lowest BCUT2D eigenvalue weighted by Crippen LogP contribution is -2.13. The van der Waals surface area contributed by atoms with Gasteiger partial charge in [-0.2, -0.15) is 10.2 Å². The Hall–Kier alpha value is -7.35. The first-order valence-electron chi connectivity index (χ1n) is 17.1. The second-order valence-corrected chi connectivity index (χ2v) is 15.9. The summed E-state index contributed by atoms with van der Waals surface area (Å²) in [6, 6.07) is 21.6. The van der Waals surface area contributed by atoms with Crippen molar-refractivity contribution in [2.75, 3.05) is 50.4 Å². The predicted octanol–water partition coefficient (Wildman–Crippen LogP) is 6.56. The van der Waals surface area contributed by atoms with Gasteiger partial charge >= 0.3 is 0 Å². The SMILES string of the molecule is C.COC(=N)c1cc(-c2nc(NS(C)(=O)=O)c(Oc3ccccc3OC)c(OC)n2)ccn1.COc1ccccc1Oc1c(Cl)nc(-c2ccnc(C#N)c2)nc1NS(C)(=O)=O. The quantitative estimate of drug-likeness (QED) is 0.0592. The molecule has 0 atom stereocenters. The number of sulfonamides is 2. The molecular formula is C39H39ClN10O10S2. The van der Waals surface area contributed by atoms with Crippen molar-refractivity contribution in [1.82, 2.24) is 29.9 Å². The largest absolute Gasteiger partial charge is 0.493 e. The van der Waals surface area contributed by atoms with Crippen LogP contribution in [0.2, 0.25) is 5.15 Å². The molecular weight excluding hydrogens is 868 g/mol. The van der Waals surface area contributed by atoms with Gasteiger partial charge in [-0.3, -0.25) is 19.8 Å². The number of nitriles is 1. The number of nitrogens with zero attached hydrogens (tertiary/aromatic N) is 7. The number of hydrogen-bond acceptors (Lipinski definition) is 18. The fourth-order valence-corrected chi connectivity index (χ4v) is 6.16. The summed E-state index contributed by atoms with van der Waals surface area (Å²) in [5, 5.41) is 16.7. The van der Waals surface area contributed by atoms with E-state index in [9.17, 15) is 16.8 Å². The van der Waals surface area contributed by atoms with Gasteiger partial charge in [0.15, 0.2) is 51.4 Å². The van der Waals surface area contributed by atoms with Crippen molar-refractivity contribution >= 4 is 49.2 Å². The third-order valence-corrected chi connectivity index (χ3v) is 8.95. The van der Waals surface area contributed by atoms with E-state index < -0.39 is 20.0 Å². The smallest absolute Gasteiger partial charge is 0.263 e. The molecule has 3 N–H and O–H groups in total. The van der Waals surface area contributed by atoms with E-state index >= 15 is 0 Å². The van der Waals surface area contributed by atoms with Crippen molar-refractivity contribution in [3.05, 3.63) is 102 Å².